The minimum Gasteiger partial charge on any atom is -0.508 e. The highest BCUT2D eigenvalue weighted by atomic mass is 16.8. The summed E-state index contributed by atoms with van der Waals surface area (Å²) < 4.78 is 10.6. The number of rotatable bonds is 12. The fraction of sp³-hybridized carbons (Fsp3) is 0.351. The molecule has 0 aliphatic carbocycles. The van der Waals surface area contributed by atoms with Crippen LogP contribution in [0.25, 0.3) is 6.08 Å². The zero-order valence-corrected chi connectivity index (χ0v) is 28.1. The third-order valence-corrected chi connectivity index (χ3v) is 9.60. The Hall–Kier alpha value is -5.20. The van der Waals surface area contributed by atoms with Crippen LogP contribution in [-0.2, 0) is 33.8 Å². The third-order valence-electron chi connectivity index (χ3n) is 9.60. The van der Waals surface area contributed by atoms with Crippen LogP contribution in [0.3, 0.4) is 0 Å². The summed E-state index contributed by atoms with van der Waals surface area (Å²) in [5.74, 6) is -7.42. The molecular weight excluding hydrogens is 694 g/mol. The molecule has 53 heavy (non-hydrogen) atoms. The van der Waals surface area contributed by atoms with Crippen molar-refractivity contribution in [3.8, 4) is 17.2 Å². The summed E-state index contributed by atoms with van der Waals surface area (Å²) in [4.78, 5) is 36.3. The van der Waals surface area contributed by atoms with Crippen LogP contribution in [0.4, 0.5) is 5.69 Å². The quantitative estimate of drug-likeness (QED) is 0.0900. The molecule has 0 spiro atoms. The Morgan fingerprint density at radius 1 is 0.981 bits per heavy atom. The maximum atomic E-state index is 14.1. The number of amides is 1. The number of fused-ring (bicyclic) bond motifs is 1. The predicted molar refractivity (Wildman–Crippen MR) is 188 cm³/mol. The van der Waals surface area contributed by atoms with Gasteiger partial charge < -0.3 is 55.4 Å². The second kappa shape index (κ2) is 15.4. The monoisotopic (exact) mass is 733 g/mol. The smallest absolute Gasteiger partial charge is 0.355 e. The van der Waals surface area contributed by atoms with Gasteiger partial charge in [0.15, 0.2) is 17.6 Å². The van der Waals surface area contributed by atoms with Gasteiger partial charge in [0.05, 0.1) is 24.6 Å². The van der Waals surface area contributed by atoms with E-state index in [1.54, 1.807) is 42.6 Å². The Morgan fingerprint density at radius 3 is 2.42 bits per heavy atom. The SMILES string of the molecule is O=C(O)[C@H]1[C@H](CCc2ccccc2CO)c2cc(O)c(O[C@@]3(O)O[C@H](CO)[C@@H](O)[C@H](O)[C@H]3O)cc2N1C(=O)C=Cc1ccc(O)c(CC2=NCN=C2)c1. The maximum absolute atomic E-state index is 14.1. The van der Waals surface area contributed by atoms with Crippen molar-refractivity contribution in [3.05, 3.63) is 88.5 Å². The van der Waals surface area contributed by atoms with E-state index in [4.69, 9.17) is 9.47 Å². The fourth-order valence-corrected chi connectivity index (χ4v) is 6.86. The van der Waals surface area contributed by atoms with E-state index in [1.165, 1.54) is 12.1 Å². The van der Waals surface area contributed by atoms with Crippen LogP contribution in [0.1, 0.15) is 40.2 Å². The standard InChI is InChI=1S/C37H39N3O13/c41-16-21-4-2-1-3-20(21)7-8-24-25-13-28(44)29(52-37(51)35(48)34(47)33(46)30(17-42)53-37)14-26(25)40(32(24)36(49)50)31(45)10-6-19-5-9-27(43)22(11-19)12-23-15-38-18-39-23/h1-6,9-11,13-15,24,30,32-35,41-44,46-48,51H,7-8,12,16-18H2,(H,49,50)/t24-,30-,32-,33-,34+,35-,37-/m1/s1. The van der Waals surface area contributed by atoms with Gasteiger partial charge in [-0.05, 0) is 59.4 Å². The number of hydrogen-bond acceptors (Lipinski definition) is 14. The number of aliphatic hydroxyl groups excluding tert-OH is 5. The largest absolute Gasteiger partial charge is 0.508 e. The summed E-state index contributed by atoms with van der Waals surface area (Å²) in [6.45, 7) is -0.849. The molecule has 3 aromatic carbocycles. The number of carboxylic acids is 1. The average Bonchev–Trinajstić information content (AvgIpc) is 3.77. The Bertz CT molecular complexity index is 1960. The van der Waals surface area contributed by atoms with Crippen LogP contribution in [0.15, 0.2) is 70.7 Å². The van der Waals surface area contributed by atoms with Crippen LogP contribution < -0.4 is 9.64 Å². The molecule has 6 rings (SSSR count). The number of aromatic hydroxyl groups is 2. The molecule has 3 aromatic rings. The Morgan fingerprint density at radius 2 is 1.74 bits per heavy atom. The first kappa shape index (κ1) is 37.6. The number of aliphatic carboxylic acids is 1. The number of aryl methyl sites for hydroxylation is 1. The second-order valence-corrected chi connectivity index (χ2v) is 12.9. The number of carboxylic acid groups (broad SMARTS) is 1. The number of aliphatic imine (C=N–C) groups is 2. The molecule has 1 fully saturated rings. The van der Waals surface area contributed by atoms with Crippen LogP contribution in [0, 0.1) is 0 Å². The van der Waals surface area contributed by atoms with Gasteiger partial charge in [-0.2, -0.15) is 0 Å². The highest BCUT2D eigenvalue weighted by Crippen LogP contribution is 2.49. The molecule has 280 valence electrons. The zero-order valence-electron chi connectivity index (χ0n) is 28.1. The Kier molecular flexibility index (Phi) is 10.9. The molecule has 16 nitrogen and oxygen atoms in total. The van der Waals surface area contributed by atoms with Crippen LogP contribution in [0.2, 0.25) is 0 Å². The van der Waals surface area contributed by atoms with Crippen molar-refractivity contribution >= 4 is 35.6 Å². The van der Waals surface area contributed by atoms with Crippen LogP contribution >= 0.6 is 0 Å². The van der Waals surface area contributed by atoms with Gasteiger partial charge in [0, 0.05) is 36.3 Å². The highest BCUT2D eigenvalue weighted by Gasteiger charge is 2.56. The van der Waals surface area contributed by atoms with Gasteiger partial charge in [-0.3, -0.25) is 19.7 Å². The normalized spacial score (nSPS) is 26.5. The minimum atomic E-state index is -3.11. The number of anilines is 1. The summed E-state index contributed by atoms with van der Waals surface area (Å²) in [6, 6.07) is 12.4. The van der Waals surface area contributed by atoms with Crippen LogP contribution in [-0.4, -0.2) is 119 Å². The molecule has 3 heterocycles. The first-order chi connectivity index (χ1) is 25.3. The van der Waals surface area contributed by atoms with Gasteiger partial charge in [0.25, 0.3) is 5.91 Å². The number of hydrogen-bond donors (Lipinski definition) is 9. The number of carbonyl (C=O) groups is 2. The van der Waals surface area contributed by atoms with Crippen molar-refractivity contribution in [1.82, 2.24) is 0 Å². The summed E-state index contributed by atoms with van der Waals surface area (Å²) >= 11 is 0. The van der Waals surface area contributed by atoms with Gasteiger partial charge in [0.2, 0.25) is 0 Å². The zero-order chi connectivity index (χ0) is 38.0. The molecule has 7 atom stereocenters. The van der Waals surface area contributed by atoms with Crippen molar-refractivity contribution in [2.75, 3.05) is 18.2 Å². The summed E-state index contributed by atoms with van der Waals surface area (Å²) in [5, 5.41) is 93.7. The number of phenolic OH excluding ortho intramolecular Hbond substituents is 2. The number of benzene rings is 3. The fourth-order valence-electron chi connectivity index (χ4n) is 6.86. The maximum Gasteiger partial charge on any atom is 0.355 e. The third kappa shape index (κ3) is 7.51. The van der Waals surface area contributed by atoms with Gasteiger partial charge in [0.1, 0.15) is 36.8 Å². The number of nitrogens with zero attached hydrogens (tertiary/aromatic N) is 3. The van der Waals surface area contributed by atoms with Crippen molar-refractivity contribution in [3.63, 3.8) is 0 Å². The molecule has 9 N–H and O–H groups in total. The first-order valence-electron chi connectivity index (χ1n) is 16.7. The summed E-state index contributed by atoms with van der Waals surface area (Å²) in [5.41, 5.74) is 3.28. The van der Waals surface area contributed by atoms with E-state index in [9.17, 15) is 55.5 Å². The highest BCUT2D eigenvalue weighted by molar-refractivity contribution is 6.32. The molecule has 1 amide bonds. The van der Waals surface area contributed by atoms with E-state index >= 15 is 0 Å². The van der Waals surface area contributed by atoms with E-state index in [1.807, 2.05) is 0 Å². The van der Waals surface area contributed by atoms with E-state index < -0.39 is 72.3 Å². The molecule has 3 aliphatic rings. The van der Waals surface area contributed by atoms with Crippen molar-refractivity contribution < 1.29 is 65.0 Å². The molecule has 1 saturated heterocycles. The first-order valence-corrected chi connectivity index (χ1v) is 16.7. The topological polar surface area (TPSA) is 263 Å². The molecule has 3 aliphatic heterocycles. The second-order valence-electron chi connectivity index (χ2n) is 12.9. The molecule has 0 radical (unpaired) electrons. The van der Waals surface area contributed by atoms with Crippen molar-refractivity contribution in [2.45, 2.75) is 68.2 Å². The lowest BCUT2D eigenvalue weighted by Crippen LogP contribution is -2.67. The summed E-state index contributed by atoms with van der Waals surface area (Å²) in [6.07, 6.45) is -2.86. The molecule has 0 bridgehead atoms. The number of phenols is 2. The van der Waals surface area contributed by atoms with E-state index in [0.717, 1.165) is 28.7 Å². The van der Waals surface area contributed by atoms with Gasteiger partial charge in [-0.25, -0.2) is 4.79 Å². The van der Waals surface area contributed by atoms with Gasteiger partial charge >= 0.3 is 11.9 Å². The van der Waals surface area contributed by atoms with Gasteiger partial charge in [-0.15, -0.1) is 0 Å². The number of carbonyl (C=O) groups excluding carboxylic acids is 1. The average molecular weight is 734 g/mol. The lowest BCUT2D eigenvalue weighted by Gasteiger charge is -2.44. The van der Waals surface area contributed by atoms with E-state index in [-0.39, 0.29) is 36.4 Å². The molecule has 0 aromatic heterocycles. The Balaban J connectivity index is 1.37. The number of ether oxygens (including phenoxy) is 2. The molecular formula is C37H39N3O13. The lowest BCUT2D eigenvalue weighted by molar-refractivity contribution is -0.422. The molecule has 0 unspecified atom stereocenters. The van der Waals surface area contributed by atoms with Gasteiger partial charge in [-0.1, -0.05) is 30.3 Å². The van der Waals surface area contributed by atoms with E-state index in [2.05, 4.69) is 9.98 Å². The van der Waals surface area contributed by atoms with Crippen molar-refractivity contribution in [2.24, 2.45) is 9.98 Å². The molecule has 0 saturated carbocycles. The Labute approximate surface area is 302 Å². The predicted octanol–water partition coefficient (Wildman–Crippen LogP) is 0.344. The summed E-state index contributed by atoms with van der Waals surface area (Å²) in [7, 11) is 0. The van der Waals surface area contributed by atoms with E-state index in [0.29, 0.717) is 35.5 Å². The lowest BCUT2D eigenvalue weighted by atomic mass is 9.87. The molecule has 16 heteroatoms. The number of aliphatic hydroxyl groups is 6. The van der Waals surface area contributed by atoms with Crippen LogP contribution in [0.5, 0.6) is 17.2 Å². The van der Waals surface area contributed by atoms with Crippen molar-refractivity contribution in [1.29, 1.82) is 0 Å². The minimum absolute atomic E-state index is 0.00916.